The summed E-state index contributed by atoms with van der Waals surface area (Å²) in [5.41, 5.74) is 3.15. The van der Waals surface area contributed by atoms with Crippen LogP contribution in [0, 0.1) is 6.92 Å². The second-order valence-corrected chi connectivity index (χ2v) is 5.26. The average Bonchev–Trinajstić information content (AvgIpc) is 2.54. The molecule has 0 bridgehead atoms. The molecular weight excluding hydrogens is 294 g/mol. The summed E-state index contributed by atoms with van der Waals surface area (Å²) in [4.78, 5) is 30.5. The highest BCUT2D eigenvalue weighted by molar-refractivity contribution is 5.91. The number of aromatic nitrogens is 2. The smallest absolute Gasteiger partial charge is 0.303 e. The number of nitrogens with one attached hydrogen (secondary N) is 1. The van der Waals surface area contributed by atoms with Crippen LogP contribution in [0.15, 0.2) is 36.7 Å². The van der Waals surface area contributed by atoms with Gasteiger partial charge in [0.25, 0.3) is 5.91 Å². The number of carbonyl (C=O) groups is 2. The lowest BCUT2D eigenvalue weighted by Gasteiger charge is -2.06. The second kappa shape index (κ2) is 8.03. The zero-order valence-corrected chi connectivity index (χ0v) is 13.0. The standard InChI is InChI=1S/C17H19N3O3/c1-12-10-20-15(11-19-12)17(23)18-9-8-14-4-2-13(3-5-14)6-7-16(21)22/h2-5,10-11H,6-9H2,1H3,(H,18,23)(H,21,22). The van der Waals surface area contributed by atoms with Gasteiger partial charge in [-0.3, -0.25) is 14.6 Å². The van der Waals surface area contributed by atoms with Crippen molar-refractivity contribution in [3.05, 3.63) is 59.2 Å². The van der Waals surface area contributed by atoms with Gasteiger partial charge in [-0.25, -0.2) is 4.98 Å². The van der Waals surface area contributed by atoms with Crippen LogP contribution >= 0.6 is 0 Å². The van der Waals surface area contributed by atoms with Gasteiger partial charge in [0.1, 0.15) is 5.69 Å². The van der Waals surface area contributed by atoms with E-state index in [4.69, 9.17) is 5.11 Å². The van der Waals surface area contributed by atoms with E-state index in [1.165, 1.54) is 6.20 Å². The third kappa shape index (κ3) is 5.50. The average molecular weight is 313 g/mol. The first kappa shape index (κ1) is 16.6. The molecule has 0 spiro atoms. The first-order valence-electron chi connectivity index (χ1n) is 7.41. The molecule has 0 aliphatic carbocycles. The van der Waals surface area contributed by atoms with Crippen molar-refractivity contribution >= 4 is 11.9 Å². The van der Waals surface area contributed by atoms with E-state index in [-0.39, 0.29) is 12.3 Å². The molecule has 0 saturated heterocycles. The third-order valence-corrected chi connectivity index (χ3v) is 3.36. The maximum atomic E-state index is 11.9. The summed E-state index contributed by atoms with van der Waals surface area (Å²) in [5, 5.41) is 11.5. The number of aliphatic carboxylic acids is 1. The molecule has 0 radical (unpaired) electrons. The number of amides is 1. The molecule has 1 aromatic heterocycles. The molecule has 0 aliphatic heterocycles. The number of carboxylic acid groups (broad SMARTS) is 1. The lowest BCUT2D eigenvalue weighted by Crippen LogP contribution is -2.26. The van der Waals surface area contributed by atoms with Crippen molar-refractivity contribution in [2.45, 2.75) is 26.2 Å². The van der Waals surface area contributed by atoms with Crippen LogP contribution in [0.5, 0.6) is 0 Å². The van der Waals surface area contributed by atoms with E-state index in [2.05, 4.69) is 15.3 Å². The van der Waals surface area contributed by atoms with E-state index in [0.717, 1.165) is 16.8 Å². The maximum Gasteiger partial charge on any atom is 0.303 e. The monoisotopic (exact) mass is 313 g/mol. The molecule has 0 atom stereocenters. The van der Waals surface area contributed by atoms with Gasteiger partial charge in [0.2, 0.25) is 0 Å². The van der Waals surface area contributed by atoms with Crippen molar-refractivity contribution in [1.82, 2.24) is 15.3 Å². The van der Waals surface area contributed by atoms with Crippen molar-refractivity contribution in [2.75, 3.05) is 6.54 Å². The lowest BCUT2D eigenvalue weighted by molar-refractivity contribution is -0.136. The van der Waals surface area contributed by atoms with Crippen LogP contribution in [-0.4, -0.2) is 33.5 Å². The van der Waals surface area contributed by atoms with Crippen LogP contribution in [0.3, 0.4) is 0 Å². The van der Waals surface area contributed by atoms with Crippen LogP contribution in [0.1, 0.15) is 33.7 Å². The highest BCUT2D eigenvalue weighted by Gasteiger charge is 2.06. The lowest BCUT2D eigenvalue weighted by atomic mass is 10.1. The normalized spacial score (nSPS) is 10.3. The Morgan fingerprint density at radius 3 is 2.26 bits per heavy atom. The van der Waals surface area contributed by atoms with Crippen molar-refractivity contribution < 1.29 is 14.7 Å². The first-order chi connectivity index (χ1) is 11.0. The van der Waals surface area contributed by atoms with Crippen LogP contribution < -0.4 is 5.32 Å². The fourth-order valence-corrected chi connectivity index (χ4v) is 2.04. The second-order valence-electron chi connectivity index (χ2n) is 5.26. The minimum Gasteiger partial charge on any atom is -0.481 e. The van der Waals surface area contributed by atoms with E-state index in [0.29, 0.717) is 25.1 Å². The summed E-state index contributed by atoms with van der Waals surface area (Å²) >= 11 is 0. The molecule has 1 heterocycles. The van der Waals surface area contributed by atoms with Gasteiger partial charge in [-0.15, -0.1) is 0 Å². The molecule has 0 fully saturated rings. The quantitative estimate of drug-likeness (QED) is 0.813. The highest BCUT2D eigenvalue weighted by Crippen LogP contribution is 2.07. The van der Waals surface area contributed by atoms with E-state index in [1.807, 2.05) is 31.2 Å². The van der Waals surface area contributed by atoms with Crippen molar-refractivity contribution in [3.8, 4) is 0 Å². The molecule has 6 nitrogen and oxygen atoms in total. The minimum atomic E-state index is -0.795. The molecule has 2 N–H and O–H groups in total. The number of benzene rings is 1. The Morgan fingerprint density at radius 2 is 1.70 bits per heavy atom. The number of aryl methyl sites for hydroxylation is 2. The molecule has 0 saturated carbocycles. The third-order valence-electron chi connectivity index (χ3n) is 3.36. The molecule has 1 amide bonds. The zero-order chi connectivity index (χ0) is 16.7. The highest BCUT2D eigenvalue weighted by atomic mass is 16.4. The fourth-order valence-electron chi connectivity index (χ4n) is 2.04. The van der Waals surface area contributed by atoms with Gasteiger partial charge in [-0.1, -0.05) is 24.3 Å². The van der Waals surface area contributed by atoms with Gasteiger partial charge >= 0.3 is 5.97 Å². The van der Waals surface area contributed by atoms with Gasteiger partial charge in [0.05, 0.1) is 11.9 Å². The zero-order valence-electron chi connectivity index (χ0n) is 13.0. The predicted octanol–water partition coefficient (Wildman–Crippen LogP) is 1.77. The summed E-state index contributed by atoms with van der Waals surface area (Å²) in [6.07, 6.45) is 4.38. The van der Waals surface area contributed by atoms with E-state index in [1.54, 1.807) is 6.20 Å². The van der Waals surface area contributed by atoms with Gasteiger partial charge in [0, 0.05) is 19.2 Å². The van der Waals surface area contributed by atoms with Crippen LogP contribution in [0.2, 0.25) is 0 Å². The Hall–Kier alpha value is -2.76. The molecule has 0 aliphatic rings. The summed E-state index contributed by atoms with van der Waals surface area (Å²) in [6.45, 7) is 2.32. The van der Waals surface area contributed by atoms with E-state index < -0.39 is 5.97 Å². The van der Waals surface area contributed by atoms with Crippen molar-refractivity contribution in [1.29, 1.82) is 0 Å². The Bertz CT molecular complexity index is 666. The number of rotatable bonds is 7. The maximum absolute atomic E-state index is 11.9. The molecule has 2 rings (SSSR count). The Kier molecular flexibility index (Phi) is 5.80. The molecule has 2 aromatic rings. The Labute approximate surface area is 134 Å². The number of hydrogen-bond acceptors (Lipinski definition) is 4. The number of nitrogens with zero attached hydrogens (tertiary/aromatic N) is 2. The van der Waals surface area contributed by atoms with Gasteiger partial charge in [-0.2, -0.15) is 0 Å². The summed E-state index contributed by atoms with van der Waals surface area (Å²) in [5.74, 6) is -1.04. The molecular formula is C17H19N3O3. The van der Waals surface area contributed by atoms with E-state index >= 15 is 0 Å². The first-order valence-corrected chi connectivity index (χ1v) is 7.41. The van der Waals surface area contributed by atoms with Crippen molar-refractivity contribution in [2.24, 2.45) is 0 Å². The number of hydrogen-bond donors (Lipinski definition) is 2. The van der Waals surface area contributed by atoms with Gasteiger partial charge in [-0.05, 0) is 30.9 Å². The van der Waals surface area contributed by atoms with Crippen LogP contribution in [-0.2, 0) is 17.6 Å². The molecule has 1 aromatic carbocycles. The molecule has 23 heavy (non-hydrogen) atoms. The summed E-state index contributed by atoms with van der Waals surface area (Å²) < 4.78 is 0. The van der Waals surface area contributed by atoms with Gasteiger partial charge in [0.15, 0.2) is 0 Å². The Balaban J connectivity index is 1.78. The summed E-state index contributed by atoms with van der Waals surface area (Å²) in [7, 11) is 0. The fraction of sp³-hybridized carbons (Fsp3) is 0.294. The molecule has 6 heteroatoms. The van der Waals surface area contributed by atoms with Crippen LogP contribution in [0.4, 0.5) is 0 Å². The Morgan fingerprint density at radius 1 is 1.04 bits per heavy atom. The topological polar surface area (TPSA) is 92.2 Å². The molecule has 0 unspecified atom stereocenters. The summed E-state index contributed by atoms with van der Waals surface area (Å²) in [6, 6.07) is 7.75. The SMILES string of the molecule is Cc1cnc(C(=O)NCCc2ccc(CCC(=O)O)cc2)cn1. The number of carboxylic acids is 1. The largest absolute Gasteiger partial charge is 0.481 e. The van der Waals surface area contributed by atoms with Crippen LogP contribution in [0.25, 0.3) is 0 Å². The predicted molar refractivity (Wildman–Crippen MR) is 85.2 cm³/mol. The van der Waals surface area contributed by atoms with E-state index in [9.17, 15) is 9.59 Å². The number of carbonyl (C=O) groups excluding carboxylic acids is 1. The molecule has 120 valence electrons. The van der Waals surface area contributed by atoms with Gasteiger partial charge < -0.3 is 10.4 Å². The minimum absolute atomic E-state index is 0.132. The van der Waals surface area contributed by atoms with Crippen molar-refractivity contribution in [3.63, 3.8) is 0 Å².